The normalized spacial score (nSPS) is 21.3. The van der Waals surface area contributed by atoms with E-state index in [9.17, 15) is 4.79 Å². The molecule has 1 aromatic rings. The minimum atomic E-state index is -0.206. The number of carbonyl (C=O) groups is 1. The van der Waals surface area contributed by atoms with Crippen LogP contribution in [0.15, 0.2) is 12.1 Å². The number of amides is 1. The summed E-state index contributed by atoms with van der Waals surface area (Å²) in [6, 6.07) is 3.93. The highest BCUT2D eigenvalue weighted by molar-refractivity contribution is 5.76. The fourth-order valence-electron chi connectivity index (χ4n) is 2.96. The Morgan fingerprint density at radius 2 is 2.33 bits per heavy atom. The molecule has 1 saturated heterocycles. The Kier molecular flexibility index (Phi) is 3.88. The molecule has 1 aromatic carbocycles. The van der Waals surface area contributed by atoms with E-state index >= 15 is 0 Å². The number of likely N-dealkylation sites (tertiary alicyclic amines) is 1. The van der Waals surface area contributed by atoms with Crippen molar-refractivity contribution in [3.8, 4) is 17.2 Å². The Bertz CT molecular complexity index is 547. The Labute approximate surface area is 123 Å². The van der Waals surface area contributed by atoms with Gasteiger partial charge in [0.05, 0.1) is 13.0 Å². The maximum absolute atomic E-state index is 11.3. The molecule has 1 amide bonds. The fourth-order valence-corrected chi connectivity index (χ4v) is 2.96. The van der Waals surface area contributed by atoms with Crippen molar-refractivity contribution < 1.29 is 19.0 Å². The van der Waals surface area contributed by atoms with E-state index in [-0.39, 0.29) is 18.6 Å². The molecule has 1 fully saturated rings. The largest absolute Gasteiger partial charge is 0.493 e. The molecule has 0 aliphatic carbocycles. The number of carbonyl (C=O) groups excluding carboxylic acids is 1. The van der Waals surface area contributed by atoms with Crippen molar-refractivity contribution in [3.63, 3.8) is 0 Å². The first-order valence-corrected chi connectivity index (χ1v) is 7.15. The van der Waals surface area contributed by atoms with Crippen molar-refractivity contribution in [1.29, 1.82) is 0 Å². The standard InChI is InChI=1S/C15H20N2O4/c1-19-12-5-10(6-13-14(12)21-9-20-13)7-17-4-2-3-11(8-17)15(16)18/h5-6,11H,2-4,7-9H2,1H3,(H2,16,18)/t11-/m1/s1. The van der Waals surface area contributed by atoms with Crippen molar-refractivity contribution in [3.05, 3.63) is 17.7 Å². The Morgan fingerprint density at radius 1 is 1.48 bits per heavy atom. The predicted octanol–water partition coefficient (Wildman–Crippen LogP) is 1.12. The molecule has 6 heteroatoms. The first kappa shape index (κ1) is 14.0. The van der Waals surface area contributed by atoms with Gasteiger partial charge in [0.1, 0.15) is 0 Å². The number of piperidine rings is 1. The van der Waals surface area contributed by atoms with E-state index in [1.807, 2.05) is 12.1 Å². The smallest absolute Gasteiger partial charge is 0.231 e. The van der Waals surface area contributed by atoms with Crippen molar-refractivity contribution in [1.82, 2.24) is 4.90 Å². The van der Waals surface area contributed by atoms with Gasteiger partial charge < -0.3 is 19.9 Å². The average molecular weight is 292 g/mol. The van der Waals surface area contributed by atoms with Gasteiger partial charge in [-0.25, -0.2) is 0 Å². The quantitative estimate of drug-likeness (QED) is 0.900. The van der Waals surface area contributed by atoms with Gasteiger partial charge in [0.15, 0.2) is 11.5 Å². The molecule has 0 unspecified atom stereocenters. The molecule has 3 rings (SSSR count). The van der Waals surface area contributed by atoms with Gasteiger partial charge in [0, 0.05) is 13.1 Å². The zero-order valence-corrected chi connectivity index (χ0v) is 12.1. The van der Waals surface area contributed by atoms with Crippen molar-refractivity contribution in [2.75, 3.05) is 27.0 Å². The summed E-state index contributed by atoms with van der Waals surface area (Å²) >= 11 is 0. The fraction of sp³-hybridized carbons (Fsp3) is 0.533. The second-order valence-electron chi connectivity index (χ2n) is 5.51. The Balaban J connectivity index is 1.74. The van der Waals surface area contributed by atoms with Crippen molar-refractivity contribution in [2.45, 2.75) is 19.4 Å². The minimum absolute atomic E-state index is 0.0466. The summed E-state index contributed by atoms with van der Waals surface area (Å²) in [6.07, 6.45) is 1.88. The summed E-state index contributed by atoms with van der Waals surface area (Å²) in [5, 5.41) is 0. The molecule has 114 valence electrons. The Morgan fingerprint density at radius 3 is 3.10 bits per heavy atom. The van der Waals surface area contributed by atoms with E-state index in [4.69, 9.17) is 19.9 Å². The number of primary amides is 1. The molecular formula is C15H20N2O4. The lowest BCUT2D eigenvalue weighted by Gasteiger charge is -2.31. The number of benzene rings is 1. The third-order valence-corrected chi connectivity index (χ3v) is 4.03. The van der Waals surface area contributed by atoms with Gasteiger partial charge in [-0.2, -0.15) is 0 Å². The van der Waals surface area contributed by atoms with Crippen LogP contribution in [0.25, 0.3) is 0 Å². The number of nitrogens with zero attached hydrogens (tertiary/aromatic N) is 1. The zero-order chi connectivity index (χ0) is 14.8. The van der Waals surface area contributed by atoms with Gasteiger partial charge in [-0.15, -0.1) is 0 Å². The predicted molar refractivity (Wildman–Crippen MR) is 76.3 cm³/mol. The number of hydrogen-bond donors (Lipinski definition) is 1. The molecule has 0 saturated carbocycles. The molecule has 6 nitrogen and oxygen atoms in total. The highest BCUT2D eigenvalue weighted by Gasteiger charge is 2.25. The number of hydrogen-bond acceptors (Lipinski definition) is 5. The lowest BCUT2D eigenvalue weighted by atomic mass is 9.97. The molecule has 1 atom stereocenters. The monoisotopic (exact) mass is 292 g/mol. The van der Waals surface area contributed by atoms with Gasteiger partial charge in [0.25, 0.3) is 0 Å². The second kappa shape index (κ2) is 5.81. The third-order valence-electron chi connectivity index (χ3n) is 4.03. The van der Waals surface area contributed by atoms with Crippen LogP contribution >= 0.6 is 0 Å². The second-order valence-corrected chi connectivity index (χ2v) is 5.51. The van der Waals surface area contributed by atoms with Gasteiger partial charge >= 0.3 is 0 Å². The highest BCUT2D eigenvalue weighted by atomic mass is 16.7. The lowest BCUT2D eigenvalue weighted by Crippen LogP contribution is -2.40. The van der Waals surface area contributed by atoms with Crippen LogP contribution in [0.5, 0.6) is 17.2 Å². The number of methoxy groups -OCH3 is 1. The third kappa shape index (κ3) is 2.90. The summed E-state index contributed by atoms with van der Waals surface area (Å²) in [6.45, 7) is 2.66. The van der Waals surface area contributed by atoms with Crippen molar-refractivity contribution >= 4 is 5.91 Å². The van der Waals surface area contributed by atoms with Crippen LogP contribution < -0.4 is 19.9 Å². The molecule has 0 spiro atoms. The van der Waals surface area contributed by atoms with E-state index in [1.165, 1.54) is 0 Å². The molecule has 2 aliphatic rings. The maximum Gasteiger partial charge on any atom is 0.231 e. The number of fused-ring (bicyclic) bond motifs is 1. The van der Waals surface area contributed by atoms with Crippen LogP contribution in [0, 0.1) is 5.92 Å². The maximum atomic E-state index is 11.3. The summed E-state index contributed by atoms with van der Waals surface area (Å²) in [5.74, 6) is 1.81. The van der Waals surface area contributed by atoms with Gasteiger partial charge in [-0.1, -0.05) is 0 Å². The van der Waals surface area contributed by atoms with Crippen molar-refractivity contribution in [2.24, 2.45) is 11.7 Å². The van der Waals surface area contributed by atoms with Crippen LogP contribution in [0.3, 0.4) is 0 Å². The van der Waals surface area contributed by atoms with Gasteiger partial charge in [-0.05, 0) is 37.1 Å². The number of rotatable bonds is 4. The summed E-state index contributed by atoms with van der Waals surface area (Å²) < 4.78 is 16.2. The number of nitrogens with two attached hydrogens (primary N) is 1. The lowest BCUT2D eigenvalue weighted by molar-refractivity contribution is -0.123. The zero-order valence-electron chi connectivity index (χ0n) is 12.1. The molecule has 2 aliphatic heterocycles. The Hall–Kier alpha value is -1.95. The molecule has 0 aromatic heterocycles. The van der Waals surface area contributed by atoms with E-state index < -0.39 is 0 Å². The van der Waals surface area contributed by atoms with Gasteiger partial charge in [-0.3, -0.25) is 9.69 Å². The molecule has 2 N–H and O–H groups in total. The van der Waals surface area contributed by atoms with E-state index in [1.54, 1.807) is 7.11 Å². The summed E-state index contributed by atoms with van der Waals surface area (Å²) in [4.78, 5) is 13.6. The van der Waals surface area contributed by atoms with Crippen LogP contribution in [0.4, 0.5) is 0 Å². The highest BCUT2D eigenvalue weighted by Crippen LogP contribution is 2.42. The first-order chi connectivity index (χ1) is 10.2. The van der Waals surface area contributed by atoms with E-state index in [0.29, 0.717) is 23.8 Å². The minimum Gasteiger partial charge on any atom is -0.493 e. The molecule has 21 heavy (non-hydrogen) atoms. The van der Waals surface area contributed by atoms with Gasteiger partial charge in [0.2, 0.25) is 18.4 Å². The van der Waals surface area contributed by atoms with E-state index in [2.05, 4.69) is 4.90 Å². The summed E-state index contributed by atoms with van der Waals surface area (Å²) in [7, 11) is 1.62. The average Bonchev–Trinajstić information content (AvgIpc) is 2.95. The molecular weight excluding hydrogens is 272 g/mol. The van der Waals surface area contributed by atoms with E-state index in [0.717, 1.165) is 31.5 Å². The van der Waals surface area contributed by atoms with Crippen LogP contribution in [0.2, 0.25) is 0 Å². The molecule has 0 radical (unpaired) electrons. The number of ether oxygens (including phenoxy) is 3. The molecule has 2 heterocycles. The van der Waals surface area contributed by atoms with Crippen LogP contribution in [-0.4, -0.2) is 37.8 Å². The van der Waals surface area contributed by atoms with Crippen LogP contribution in [0.1, 0.15) is 18.4 Å². The van der Waals surface area contributed by atoms with Crippen LogP contribution in [-0.2, 0) is 11.3 Å². The molecule has 0 bridgehead atoms. The SMILES string of the molecule is COc1cc(CN2CCC[C@@H](C(N)=O)C2)cc2c1OCO2. The topological polar surface area (TPSA) is 74.0 Å². The summed E-state index contributed by atoms with van der Waals surface area (Å²) in [5.41, 5.74) is 6.50. The first-order valence-electron chi connectivity index (χ1n) is 7.15.